The van der Waals surface area contributed by atoms with Gasteiger partial charge >= 0.3 is 0 Å². The number of alkyl halides is 1. The molecule has 1 nitrogen and oxygen atoms in total. The zero-order valence-electron chi connectivity index (χ0n) is 6.55. The first-order valence-electron chi connectivity index (χ1n) is 3.68. The van der Waals surface area contributed by atoms with E-state index in [1.54, 1.807) is 17.4 Å². The van der Waals surface area contributed by atoms with E-state index in [1.807, 2.05) is 12.1 Å². The predicted molar refractivity (Wildman–Crippen MR) is 61.1 cm³/mol. The molecule has 0 aliphatic carbocycles. The highest BCUT2D eigenvalue weighted by Gasteiger charge is 2.07. The Hall–Kier alpha value is -0.250. The summed E-state index contributed by atoms with van der Waals surface area (Å²) in [6.07, 6.45) is 0. The van der Waals surface area contributed by atoms with Crippen molar-refractivity contribution in [1.82, 2.24) is 0 Å². The van der Waals surface area contributed by atoms with Crippen LogP contribution in [0.1, 0.15) is 4.88 Å². The normalized spacial score (nSPS) is 10.9. The number of thiophene rings is 1. The van der Waals surface area contributed by atoms with Gasteiger partial charge in [0, 0.05) is 20.3 Å². The second-order valence-corrected chi connectivity index (χ2v) is 4.79. The quantitative estimate of drug-likeness (QED) is 0.776. The Morgan fingerprint density at radius 3 is 2.92 bits per heavy atom. The number of aromatic hydroxyl groups is 1. The molecule has 4 heteroatoms. The first-order chi connectivity index (χ1) is 6.22. The molecule has 0 saturated heterocycles. The van der Waals surface area contributed by atoms with Gasteiger partial charge in [0.25, 0.3) is 0 Å². The van der Waals surface area contributed by atoms with Crippen molar-refractivity contribution >= 4 is 49.0 Å². The summed E-state index contributed by atoms with van der Waals surface area (Å²) in [7, 11) is 0. The number of phenols is 1. The number of fused-ring (bicyclic) bond motifs is 1. The van der Waals surface area contributed by atoms with Crippen molar-refractivity contribution < 1.29 is 5.11 Å². The van der Waals surface area contributed by atoms with Crippen LogP contribution in [0.15, 0.2) is 18.2 Å². The molecule has 0 aliphatic rings. The number of hydrogen-bond acceptors (Lipinski definition) is 2. The highest BCUT2D eigenvalue weighted by atomic mass is 79.9. The van der Waals surface area contributed by atoms with Crippen LogP contribution in [-0.2, 0) is 5.33 Å². The molecule has 2 rings (SSSR count). The third-order valence-corrected chi connectivity index (χ3v) is 4.19. The number of benzene rings is 1. The van der Waals surface area contributed by atoms with Gasteiger partial charge in [0.2, 0.25) is 0 Å². The molecule has 2 aromatic rings. The lowest BCUT2D eigenvalue weighted by molar-refractivity contribution is 0.482. The lowest BCUT2D eigenvalue weighted by atomic mass is 10.2. The molecule has 1 N–H and O–H groups in total. The molecule has 0 amide bonds. The molecule has 0 spiro atoms. The van der Waals surface area contributed by atoms with Crippen molar-refractivity contribution in [2.75, 3.05) is 0 Å². The Morgan fingerprint density at radius 1 is 1.46 bits per heavy atom. The molecule has 0 fully saturated rings. The van der Waals surface area contributed by atoms with E-state index in [4.69, 9.17) is 11.6 Å². The van der Waals surface area contributed by atoms with E-state index < -0.39 is 0 Å². The van der Waals surface area contributed by atoms with Crippen molar-refractivity contribution in [2.45, 2.75) is 5.33 Å². The molecule has 0 radical (unpaired) electrons. The van der Waals surface area contributed by atoms with Crippen molar-refractivity contribution in [3.63, 3.8) is 0 Å². The summed E-state index contributed by atoms with van der Waals surface area (Å²) in [5.41, 5.74) is 0. The molecule has 68 valence electrons. The standard InChI is InChI=1S/C9H6BrClOS/c10-4-5-3-6-8(13-5)2-1-7(11)9(6)12/h1-3,12H,4H2. The van der Waals surface area contributed by atoms with Gasteiger partial charge in [0.1, 0.15) is 5.75 Å². The monoisotopic (exact) mass is 276 g/mol. The van der Waals surface area contributed by atoms with Crippen molar-refractivity contribution in [1.29, 1.82) is 0 Å². The van der Waals surface area contributed by atoms with Gasteiger partial charge in [0.15, 0.2) is 0 Å². The van der Waals surface area contributed by atoms with Gasteiger partial charge in [-0.2, -0.15) is 0 Å². The molecule has 1 heterocycles. The lowest BCUT2D eigenvalue weighted by Gasteiger charge is -1.95. The van der Waals surface area contributed by atoms with E-state index in [2.05, 4.69) is 15.9 Å². The number of rotatable bonds is 1. The van der Waals surface area contributed by atoms with Crippen LogP contribution in [-0.4, -0.2) is 5.11 Å². The highest BCUT2D eigenvalue weighted by molar-refractivity contribution is 9.08. The summed E-state index contributed by atoms with van der Waals surface area (Å²) in [5.74, 6) is 0.183. The largest absolute Gasteiger partial charge is 0.506 e. The van der Waals surface area contributed by atoms with E-state index >= 15 is 0 Å². The predicted octanol–water partition coefficient (Wildman–Crippen LogP) is 4.16. The zero-order chi connectivity index (χ0) is 9.42. The molecule has 1 aromatic heterocycles. The summed E-state index contributed by atoms with van der Waals surface area (Å²) in [6.45, 7) is 0. The second-order valence-electron chi connectivity index (χ2n) is 2.65. The second kappa shape index (κ2) is 3.48. The lowest BCUT2D eigenvalue weighted by Crippen LogP contribution is -1.68. The number of hydrogen-bond donors (Lipinski definition) is 1. The van der Waals surface area contributed by atoms with E-state index in [0.29, 0.717) is 5.02 Å². The summed E-state index contributed by atoms with van der Waals surface area (Å²) in [5, 5.41) is 11.7. The van der Waals surface area contributed by atoms with Crippen LogP contribution in [0.4, 0.5) is 0 Å². The van der Waals surface area contributed by atoms with Gasteiger partial charge in [-0.1, -0.05) is 27.5 Å². The maximum absolute atomic E-state index is 9.63. The van der Waals surface area contributed by atoms with Gasteiger partial charge in [-0.15, -0.1) is 11.3 Å². The van der Waals surface area contributed by atoms with Gasteiger partial charge in [-0.25, -0.2) is 0 Å². The highest BCUT2D eigenvalue weighted by Crippen LogP contribution is 2.37. The minimum Gasteiger partial charge on any atom is -0.506 e. The molecular weight excluding hydrogens is 272 g/mol. The Kier molecular flexibility index (Phi) is 2.49. The minimum atomic E-state index is 0.183. The first-order valence-corrected chi connectivity index (χ1v) is 6.00. The third-order valence-electron chi connectivity index (χ3n) is 1.81. The third kappa shape index (κ3) is 1.56. The van der Waals surface area contributed by atoms with Crippen LogP contribution in [0.2, 0.25) is 5.02 Å². The fraction of sp³-hybridized carbons (Fsp3) is 0.111. The summed E-state index contributed by atoms with van der Waals surface area (Å²) >= 11 is 10.8. The first kappa shape index (κ1) is 9.31. The molecule has 0 saturated carbocycles. The van der Waals surface area contributed by atoms with Crippen LogP contribution < -0.4 is 0 Å². The van der Waals surface area contributed by atoms with Crippen LogP contribution in [0, 0.1) is 0 Å². The molecule has 0 unspecified atom stereocenters. The Labute approximate surface area is 93.1 Å². The molecule has 0 bridgehead atoms. The maximum atomic E-state index is 9.63. The summed E-state index contributed by atoms with van der Waals surface area (Å²) in [6, 6.07) is 5.60. The smallest absolute Gasteiger partial charge is 0.142 e. The van der Waals surface area contributed by atoms with Crippen LogP contribution in [0.5, 0.6) is 5.75 Å². The Balaban J connectivity index is 2.76. The van der Waals surface area contributed by atoms with Gasteiger partial charge in [-0.3, -0.25) is 0 Å². The molecule has 1 aromatic carbocycles. The van der Waals surface area contributed by atoms with Crippen molar-refractivity contribution in [3.8, 4) is 5.75 Å². The van der Waals surface area contributed by atoms with Crippen LogP contribution >= 0.6 is 38.9 Å². The maximum Gasteiger partial charge on any atom is 0.142 e. The van der Waals surface area contributed by atoms with Crippen LogP contribution in [0.3, 0.4) is 0 Å². The zero-order valence-corrected chi connectivity index (χ0v) is 9.71. The SMILES string of the molecule is Oc1c(Cl)ccc2sc(CBr)cc12. The molecule has 0 atom stereocenters. The van der Waals surface area contributed by atoms with E-state index in [0.717, 1.165) is 15.4 Å². The fourth-order valence-corrected chi connectivity index (χ4v) is 2.77. The van der Waals surface area contributed by atoms with Crippen LogP contribution in [0.25, 0.3) is 10.1 Å². The number of phenolic OH excluding ortho intramolecular Hbond substituents is 1. The van der Waals surface area contributed by atoms with Crippen molar-refractivity contribution in [2.24, 2.45) is 0 Å². The molecule has 13 heavy (non-hydrogen) atoms. The van der Waals surface area contributed by atoms with E-state index in [-0.39, 0.29) is 5.75 Å². The number of halogens is 2. The van der Waals surface area contributed by atoms with Crippen molar-refractivity contribution in [3.05, 3.63) is 28.1 Å². The van der Waals surface area contributed by atoms with Gasteiger partial charge in [-0.05, 0) is 18.2 Å². The van der Waals surface area contributed by atoms with Gasteiger partial charge in [0.05, 0.1) is 5.02 Å². The van der Waals surface area contributed by atoms with E-state index in [1.165, 1.54) is 4.88 Å². The minimum absolute atomic E-state index is 0.183. The topological polar surface area (TPSA) is 20.2 Å². The molecular formula is C9H6BrClOS. The summed E-state index contributed by atoms with van der Waals surface area (Å²) < 4.78 is 1.07. The average molecular weight is 278 g/mol. The molecule has 0 aliphatic heterocycles. The average Bonchev–Trinajstić information content (AvgIpc) is 2.55. The van der Waals surface area contributed by atoms with Gasteiger partial charge < -0.3 is 5.11 Å². The Bertz CT molecular complexity index is 452. The Morgan fingerprint density at radius 2 is 2.23 bits per heavy atom. The summed E-state index contributed by atoms with van der Waals surface area (Å²) in [4.78, 5) is 1.19. The fourth-order valence-electron chi connectivity index (χ4n) is 1.19. The van der Waals surface area contributed by atoms with E-state index in [9.17, 15) is 5.11 Å².